The maximum atomic E-state index is 13.9. The monoisotopic (exact) mass is 226 g/mol. The van der Waals surface area contributed by atoms with Crippen molar-refractivity contribution in [1.82, 2.24) is 0 Å². The van der Waals surface area contributed by atoms with Gasteiger partial charge in [-0.15, -0.1) is 0 Å². The standard InChI is InChI=1S/C12H12F2O2/c1-8(15)16-11-7-6-9-4-2-3-5-10(9)12(11,13)14/h2-5,11H,6-7H2,1H3. The Morgan fingerprint density at radius 3 is 2.81 bits per heavy atom. The fourth-order valence-electron chi connectivity index (χ4n) is 2.04. The van der Waals surface area contributed by atoms with E-state index in [1.165, 1.54) is 6.07 Å². The normalized spacial score (nSPS) is 22.3. The highest BCUT2D eigenvalue weighted by Gasteiger charge is 2.47. The number of carbonyl (C=O) groups is 1. The number of alkyl halides is 2. The summed E-state index contributed by atoms with van der Waals surface area (Å²) >= 11 is 0. The number of hydrogen-bond donors (Lipinski definition) is 0. The number of hydrogen-bond acceptors (Lipinski definition) is 2. The zero-order valence-electron chi connectivity index (χ0n) is 8.87. The topological polar surface area (TPSA) is 26.3 Å². The molecule has 0 saturated heterocycles. The molecule has 0 amide bonds. The van der Waals surface area contributed by atoms with Crippen LogP contribution in [0.15, 0.2) is 24.3 Å². The van der Waals surface area contributed by atoms with Crippen molar-refractivity contribution in [2.24, 2.45) is 0 Å². The molecule has 0 aliphatic heterocycles. The number of halogens is 2. The van der Waals surface area contributed by atoms with Gasteiger partial charge in [0.25, 0.3) is 0 Å². The van der Waals surface area contributed by atoms with Crippen LogP contribution in [-0.4, -0.2) is 12.1 Å². The van der Waals surface area contributed by atoms with Gasteiger partial charge in [0.1, 0.15) is 0 Å². The first kappa shape index (κ1) is 11.0. The molecule has 0 fully saturated rings. The van der Waals surface area contributed by atoms with Crippen LogP contribution in [0.25, 0.3) is 0 Å². The minimum Gasteiger partial charge on any atom is -0.456 e. The molecule has 1 aliphatic carbocycles. The van der Waals surface area contributed by atoms with E-state index in [9.17, 15) is 13.6 Å². The van der Waals surface area contributed by atoms with Gasteiger partial charge in [0.15, 0.2) is 6.10 Å². The van der Waals surface area contributed by atoms with Crippen molar-refractivity contribution < 1.29 is 18.3 Å². The number of benzene rings is 1. The molecule has 0 saturated carbocycles. The summed E-state index contributed by atoms with van der Waals surface area (Å²) in [6, 6.07) is 6.39. The fraction of sp³-hybridized carbons (Fsp3) is 0.417. The molecule has 0 bridgehead atoms. The SMILES string of the molecule is CC(=O)OC1CCc2ccccc2C1(F)F. The van der Waals surface area contributed by atoms with E-state index in [0.717, 1.165) is 6.92 Å². The van der Waals surface area contributed by atoms with Crippen LogP contribution < -0.4 is 0 Å². The van der Waals surface area contributed by atoms with Crippen molar-refractivity contribution in [3.8, 4) is 0 Å². The molecule has 16 heavy (non-hydrogen) atoms. The number of carbonyl (C=O) groups excluding carboxylic acids is 1. The zero-order chi connectivity index (χ0) is 11.8. The molecule has 1 atom stereocenters. The molecule has 4 heteroatoms. The number of fused-ring (bicyclic) bond motifs is 1. The van der Waals surface area contributed by atoms with Crippen molar-refractivity contribution >= 4 is 5.97 Å². The molecule has 1 unspecified atom stereocenters. The van der Waals surface area contributed by atoms with Crippen molar-refractivity contribution in [3.05, 3.63) is 35.4 Å². The van der Waals surface area contributed by atoms with Crippen LogP contribution in [0.2, 0.25) is 0 Å². The quantitative estimate of drug-likeness (QED) is 0.688. The summed E-state index contributed by atoms with van der Waals surface area (Å²) in [5, 5.41) is 0. The predicted octanol–water partition coefficient (Wildman–Crippen LogP) is 2.66. The largest absolute Gasteiger partial charge is 0.456 e. The van der Waals surface area contributed by atoms with E-state index in [1.807, 2.05) is 0 Å². The number of ether oxygens (including phenoxy) is 1. The summed E-state index contributed by atoms with van der Waals surface area (Å²) in [6.07, 6.45) is -0.646. The van der Waals surface area contributed by atoms with Gasteiger partial charge in [-0.2, -0.15) is 8.78 Å². The minimum absolute atomic E-state index is 0.0208. The van der Waals surface area contributed by atoms with E-state index in [4.69, 9.17) is 0 Å². The van der Waals surface area contributed by atoms with E-state index >= 15 is 0 Å². The van der Waals surface area contributed by atoms with E-state index in [0.29, 0.717) is 12.0 Å². The Hall–Kier alpha value is -1.45. The van der Waals surface area contributed by atoms with Crippen LogP contribution in [0.5, 0.6) is 0 Å². The Kier molecular flexibility index (Phi) is 2.66. The van der Waals surface area contributed by atoms with Crippen LogP contribution in [-0.2, 0) is 21.9 Å². The lowest BCUT2D eigenvalue weighted by Crippen LogP contribution is -2.39. The Bertz CT molecular complexity index is 415. The molecule has 0 heterocycles. The van der Waals surface area contributed by atoms with Crippen molar-refractivity contribution in [2.75, 3.05) is 0 Å². The van der Waals surface area contributed by atoms with Gasteiger partial charge in [-0.25, -0.2) is 0 Å². The van der Waals surface area contributed by atoms with Gasteiger partial charge in [-0.1, -0.05) is 24.3 Å². The molecule has 0 radical (unpaired) electrons. The van der Waals surface area contributed by atoms with E-state index in [2.05, 4.69) is 4.74 Å². The first-order chi connectivity index (χ1) is 7.51. The van der Waals surface area contributed by atoms with Crippen molar-refractivity contribution in [3.63, 3.8) is 0 Å². The van der Waals surface area contributed by atoms with E-state index < -0.39 is 18.0 Å². The number of esters is 1. The molecule has 0 spiro atoms. The van der Waals surface area contributed by atoms with Gasteiger partial charge in [0.05, 0.1) is 0 Å². The lowest BCUT2D eigenvalue weighted by molar-refractivity contribution is -0.177. The van der Waals surface area contributed by atoms with Crippen LogP contribution in [0, 0.1) is 0 Å². The molecular formula is C12H12F2O2. The fourth-order valence-corrected chi connectivity index (χ4v) is 2.04. The second-order valence-electron chi connectivity index (χ2n) is 3.92. The summed E-state index contributed by atoms with van der Waals surface area (Å²) in [7, 11) is 0. The summed E-state index contributed by atoms with van der Waals surface area (Å²) < 4.78 is 32.6. The molecule has 1 aromatic carbocycles. The van der Waals surface area contributed by atoms with Gasteiger partial charge in [0, 0.05) is 12.5 Å². The highest BCUT2D eigenvalue weighted by atomic mass is 19.3. The van der Waals surface area contributed by atoms with Crippen molar-refractivity contribution in [1.29, 1.82) is 0 Å². The van der Waals surface area contributed by atoms with Gasteiger partial charge in [0.2, 0.25) is 0 Å². The first-order valence-corrected chi connectivity index (χ1v) is 5.15. The zero-order valence-corrected chi connectivity index (χ0v) is 8.87. The average Bonchev–Trinajstić information content (AvgIpc) is 2.22. The predicted molar refractivity (Wildman–Crippen MR) is 54.2 cm³/mol. The van der Waals surface area contributed by atoms with Crippen LogP contribution >= 0.6 is 0 Å². The third-order valence-electron chi connectivity index (χ3n) is 2.76. The summed E-state index contributed by atoms with van der Waals surface area (Å²) in [6.45, 7) is 1.15. The second-order valence-corrected chi connectivity index (χ2v) is 3.92. The first-order valence-electron chi connectivity index (χ1n) is 5.15. The second kappa shape index (κ2) is 3.85. The van der Waals surface area contributed by atoms with E-state index in [-0.39, 0.29) is 12.0 Å². The highest BCUT2D eigenvalue weighted by molar-refractivity contribution is 5.66. The molecule has 2 rings (SSSR count). The Morgan fingerprint density at radius 1 is 1.44 bits per heavy atom. The summed E-state index contributed by atoms with van der Waals surface area (Å²) in [5.41, 5.74) is 0.614. The molecule has 2 nitrogen and oxygen atoms in total. The number of aryl methyl sites for hydroxylation is 1. The summed E-state index contributed by atoms with van der Waals surface area (Å²) in [4.78, 5) is 10.8. The van der Waals surface area contributed by atoms with Crippen LogP contribution in [0.4, 0.5) is 8.78 Å². The van der Waals surface area contributed by atoms with Crippen LogP contribution in [0.3, 0.4) is 0 Å². The minimum atomic E-state index is -3.08. The molecule has 1 aromatic rings. The van der Waals surface area contributed by atoms with Gasteiger partial charge >= 0.3 is 11.9 Å². The summed E-state index contributed by atoms with van der Waals surface area (Å²) in [5.74, 6) is -3.75. The Balaban J connectivity index is 2.35. The van der Waals surface area contributed by atoms with E-state index in [1.54, 1.807) is 18.2 Å². The van der Waals surface area contributed by atoms with Crippen LogP contribution in [0.1, 0.15) is 24.5 Å². The molecule has 0 N–H and O–H groups in total. The highest BCUT2D eigenvalue weighted by Crippen LogP contribution is 2.41. The Labute approximate surface area is 92.2 Å². The molecule has 86 valence electrons. The van der Waals surface area contributed by atoms with Gasteiger partial charge < -0.3 is 4.74 Å². The van der Waals surface area contributed by atoms with Gasteiger partial charge in [-0.05, 0) is 18.4 Å². The maximum Gasteiger partial charge on any atom is 0.309 e. The van der Waals surface area contributed by atoms with Gasteiger partial charge in [-0.3, -0.25) is 4.79 Å². The number of rotatable bonds is 1. The molecular weight excluding hydrogens is 214 g/mol. The van der Waals surface area contributed by atoms with Crippen molar-refractivity contribution in [2.45, 2.75) is 31.8 Å². The third-order valence-corrected chi connectivity index (χ3v) is 2.76. The average molecular weight is 226 g/mol. The smallest absolute Gasteiger partial charge is 0.309 e. The molecule has 1 aliphatic rings. The Morgan fingerprint density at radius 2 is 2.12 bits per heavy atom. The third kappa shape index (κ3) is 1.79. The molecule has 0 aromatic heterocycles. The lowest BCUT2D eigenvalue weighted by Gasteiger charge is -2.32. The lowest BCUT2D eigenvalue weighted by atomic mass is 9.86. The maximum absolute atomic E-state index is 13.9.